The van der Waals surface area contributed by atoms with Gasteiger partial charge in [-0.25, -0.2) is 4.39 Å². The number of hydrogen-bond acceptors (Lipinski definition) is 1. The zero-order valence-corrected chi connectivity index (χ0v) is 4.07. The van der Waals surface area contributed by atoms with E-state index in [1.807, 2.05) is 0 Å². The summed E-state index contributed by atoms with van der Waals surface area (Å²) in [5, 5.41) is 0. The van der Waals surface area contributed by atoms with Crippen LogP contribution in [0.15, 0.2) is 0 Å². The Bertz CT molecular complexity index is 72.1. The Kier molecular flexibility index (Phi) is 2.33. The van der Waals surface area contributed by atoms with Crippen molar-refractivity contribution in [3.8, 4) is 0 Å². The molecule has 1 N–H and O–H groups in total. The number of halogens is 1. The zero-order chi connectivity index (χ0) is 5.86. The fourth-order valence-electron chi connectivity index (χ4n) is 0.255. The summed E-state index contributed by atoms with van der Waals surface area (Å²) in [4.78, 5) is 9.68. The molecule has 2 nitrogen and oxygen atoms in total. The molecule has 0 spiro atoms. The molecule has 0 aromatic heterocycles. The second kappa shape index (κ2) is 2.55. The van der Waals surface area contributed by atoms with E-state index in [1.165, 1.54) is 6.92 Å². The van der Waals surface area contributed by atoms with Crippen molar-refractivity contribution in [2.24, 2.45) is 0 Å². The van der Waals surface area contributed by atoms with Gasteiger partial charge in [-0.2, -0.15) is 0 Å². The Morgan fingerprint density at radius 2 is 2.43 bits per heavy atom. The predicted molar refractivity (Wildman–Crippen MR) is 23.3 cm³/mol. The Balaban J connectivity index is 3.13. The average molecular weight is 104 g/mol. The SMILES string of the molecule is CC(F)CC([NH])=O. The molecule has 7 heavy (non-hydrogen) atoms. The van der Waals surface area contributed by atoms with E-state index in [1.54, 1.807) is 0 Å². The molecule has 0 aromatic carbocycles. The fourth-order valence-corrected chi connectivity index (χ4v) is 0.255. The third-order valence-corrected chi connectivity index (χ3v) is 0.467. The van der Waals surface area contributed by atoms with E-state index in [4.69, 9.17) is 5.73 Å². The molecule has 0 aliphatic rings. The monoisotopic (exact) mass is 104 g/mol. The molecule has 0 bridgehead atoms. The van der Waals surface area contributed by atoms with Crippen molar-refractivity contribution in [3.63, 3.8) is 0 Å². The number of amides is 1. The molecule has 1 atom stereocenters. The van der Waals surface area contributed by atoms with Gasteiger partial charge in [0.15, 0.2) is 0 Å². The summed E-state index contributed by atoms with van der Waals surface area (Å²) >= 11 is 0. The second-order valence-corrected chi connectivity index (χ2v) is 1.41. The van der Waals surface area contributed by atoms with Crippen LogP contribution < -0.4 is 5.73 Å². The van der Waals surface area contributed by atoms with Crippen molar-refractivity contribution < 1.29 is 9.18 Å². The highest BCUT2D eigenvalue weighted by Crippen LogP contribution is 1.92. The average Bonchev–Trinajstić information content (AvgIpc) is 1.27. The molecule has 1 unspecified atom stereocenters. The molecule has 0 saturated carbocycles. The summed E-state index contributed by atoms with van der Waals surface area (Å²) in [6.07, 6.45) is -1.44. The molecular formula is C4H7FNO. The third-order valence-electron chi connectivity index (χ3n) is 0.467. The van der Waals surface area contributed by atoms with Crippen LogP contribution in [0, 0.1) is 0 Å². The van der Waals surface area contributed by atoms with Crippen LogP contribution in [-0.4, -0.2) is 12.1 Å². The van der Waals surface area contributed by atoms with Gasteiger partial charge in [-0.05, 0) is 6.92 Å². The molecule has 0 aliphatic heterocycles. The smallest absolute Gasteiger partial charge is 0.241 e. The summed E-state index contributed by atoms with van der Waals surface area (Å²) in [6.45, 7) is 1.26. The lowest BCUT2D eigenvalue weighted by molar-refractivity contribution is -0.119. The lowest BCUT2D eigenvalue weighted by atomic mass is 10.3. The Labute approximate surface area is 41.5 Å². The van der Waals surface area contributed by atoms with E-state index in [9.17, 15) is 9.18 Å². The first kappa shape index (κ1) is 6.40. The van der Waals surface area contributed by atoms with E-state index < -0.39 is 12.1 Å². The summed E-state index contributed by atoms with van der Waals surface area (Å²) in [5.41, 5.74) is 6.23. The third kappa shape index (κ3) is 5.40. The summed E-state index contributed by atoms with van der Waals surface area (Å²) in [7, 11) is 0. The molecule has 0 saturated heterocycles. The maximum absolute atomic E-state index is 11.6. The van der Waals surface area contributed by atoms with E-state index in [-0.39, 0.29) is 6.42 Å². The number of nitrogens with one attached hydrogen (secondary N) is 1. The number of carbonyl (C=O) groups is 1. The standard InChI is InChI=1S/C4H7FNO/c1-3(5)2-4(6)7/h3,6H,2H2,1H3. The Morgan fingerprint density at radius 3 is 2.43 bits per heavy atom. The summed E-state index contributed by atoms with van der Waals surface area (Å²) < 4.78 is 11.6. The largest absolute Gasteiger partial charge is 0.273 e. The lowest BCUT2D eigenvalue weighted by Crippen LogP contribution is -2.04. The van der Waals surface area contributed by atoms with Crippen molar-refractivity contribution >= 4 is 5.91 Å². The molecule has 0 heterocycles. The highest BCUT2D eigenvalue weighted by Gasteiger charge is 2.01. The summed E-state index contributed by atoms with van der Waals surface area (Å²) in [5.74, 6) is -0.838. The van der Waals surface area contributed by atoms with Crippen molar-refractivity contribution in [2.75, 3.05) is 0 Å². The predicted octanol–water partition coefficient (Wildman–Crippen LogP) is 0.544. The number of carbonyl (C=O) groups excluding carboxylic acids is 1. The van der Waals surface area contributed by atoms with E-state index in [0.29, 0.717) is 0 Å². The van der Waals surface area contributed by atoms with Crippen molar-refractivity contribution in [3.05, 3.63) is 0 Å². The van der Waals surface area contributed by atoms with E-state index >= 15 is 0 Å². The first-order valence-electron chi connectivity index (χ1n) is 2.01. The topological polar surface area (TPSA) is 40.9 Å². The van der Waals surface area contributed by atoms with Gasteiger partial charge < -0.3 is 0 Å². The Morgan fingerprint density at radius 1 is 2.00 bits per heavy atom. The van der Waals surface area contributed by atoms with Crippen molar-refractivity contribution in [1.29, 1.82) is 0 Å². The highest BCUT2D eigenvalue weighted by molar-refractivity contribution is 5.73. The van der Waals surface area contributed by atoms with Gasteiger partial charge in [-0.1, -0.05) is 0 Å². The van der Waals surface area contributed by atoms with Gasteiger partial charge >= 0.3 is 0 Å². The van der Waals surface area contributed by atoms with E-state index in [2.05, 4.69) is 0 Å². The molecule has 0 aliphatic carbocycles. The van der Waals surface area contributed by atoms with Gasteiger partial charge in [0, 0.05) is 0 Å². The molecule has 1 amide bonds. The van der Waals surface area contributed by atoms with Gasteiger partial charge in [0.05, 0.1) is 6.42 Å². The van der Waals surface area contributed by atoms with Gasteiger partial charge in [0.25, 0.3) is 0 Å². The van der Waals surface area contributed by atoms with Crippen LogP contribution >= 0.6 is 0 Å². The minimum absolute atomic E-state index is 0.278. The molecule has 1 radical (unpaired) electrons. The van der Waals surface area contributed by atoms with Crippen molar-refractivity contribution in [1.82, 2.24) is 5.73 Å². The summed E-state index contributed by atoms with van der Waals surface area (Å²) in [6, 6.07) is 0. The van der Waals surface area contributed by atoms with Gasteiger partial charge in [0.1, 0.15) is 6.17 Å². The van der Waals surface area contributed by atoms with E-state index in [0.717, 1.165) is 0 Å². The van der Waals surface area contributed by atoms with Gasteiger partial charge in [-0.3, -0.25) is 10.5 Å². The van der Waals surface area contributed by atoms with Crippen molar-refractivity contribution in [2.45, 2.75) is 19.5 Å². The number of hydrogen-bond donors (Lipinski definition) is 0. The van der Waals surface area contributed by atoms with Crippen LogP contribution in [0.2, 0.25) is 0 Å². The first-order chi connectivity index (χ1) is 3.13. The molecular weight excluding hydrogens is 97.0 g/mol. The molecule has 3 heteroatoms. The second-order valence-electron chi connectivity index (χ2n) is 1.41. The van der Waals surface area contributed by atoms with Crippen LogP contribution in [0.3, 0.4) is 0 Å². The van der Waals surface area contributed by atoms with Gasteiger partial charge in [0.2, 0.25) is 5.91 Å². The zero-order valence-electron chi connectivity index (χ0n) is 4.07. The fraction of sp³-hybridized carbons (Fsp3) is 0.750. The van der Waals surface area contributed by atoms with Crippen LogP contribution in [0.5, 0.6) is 0 Å². The molecule has 0 rings (SSSR count). The van der Waals surface area contributed by atoms with Crippen LogP contribution in [0.4, 0.5) is 4.39 Å². The molecule has 0 aromatic rings. The number of rotatable bonds is 2. The first-order valence-corrected chi connectivity index (χ1v) is 2.01. The van der Waals surface area contributed by atoms with Crippen LogP contribution in [0.25, 0.3) is 0 Å². The molecule has 0 fully saturated rings. The van der Waals surface area contributed by atoms with Crippen LogP contribution in [0.1, 0.15) is 13.3 Å². The lowest BCUT2D eigenvalue weighted by Gasteiger charge is -1.90. The normalized spacial score (nSPS) is 13.4. The quantitative estimate of drug-likeness (QED) is 0.504. The highest BCUT2D eigenvalue weighted by atomic mass is 19.1. The molecule has 41 valence electrons. The van der Waals surface area contributed by atoms with Crippen LogP contribution in [-0.2, 0) is 4.79 Å². The minimum Gasteiger partial charge on any atom is -0.273 e. The Hall–Kier alpha value is -0.600. The number of alkyl halides is 1. The van der Waals surface area contributed by atoms with Gasteiger partial charge in [-0.15, -0.1) is 0 Å². The minimum atomic E-state index is -1.16. The maximum Gasteiger partial charge on any atom is 0.241 e. The maximum atomic E-state index is 11.6.